The molecule has 0 saturated carbocycles. The van der Waals surface area contributed by atoms with Crippen LogP contribution >= 0.6 is 0 Å². The number of methoxy groups -OCH3 is 1. The Labute approximate surface area is 156 Å². The Bertz CT molecular complexity index is 680. The number of unbranched alkanes of at least 4 members (excludes halogenated alkanes) is 5. The third-order valence-electron chi connectivity index (χ3n) is 4.19. The smallest absolute Gasteiger partial charge is 0.124 e. The maximum Gasteiger partial charge on any atom is 0.124 e. The Hall–Kier alpha value is -2.49. The molecule has 0 aliphatic rings. The first kappa shape index (κ1) is 19.8. The van der Waals surface area contributed by atoms with E-state index >= 15 is 0 Å². The van der Waals surface area contributed by atoms with Crippen LogP contribution in [0.1, 0.15) is 51.0 Å². The van der Waals surface area contributed by atoms with E-state index in [2.05, 4.69) is 11.9 Å². The summed E-state index contributed by atoms with van der Waals surface area (Å²) in [5.41, 5.74) is 1.42. The number of phenolic OH excluding ortho intramolecular Hbond substituents is 1. The van der Waals surface area contributed by atoms with Crippen LogP contribution in [0.2, 0.25) is 0 Å². The first-order chi connectivity index (χ1) is 12.7. The van der Waals surface area contributed by atoms with Crippen LogP contribution in [-0.2, 0) is 0 Å². The third-order valence-corrected chi connectivity index (χ3v) is 4.19. The summed E-state index contributed by atoms with van der Waals surface area (Å²) >= 11 is 0. The number of nitrogens with zero attached hydrogens (tertiary/aromatic N) is 1. The van der Waals surface area contributed by atoms with Gasteiger partial charge in [-0.25, -0.2) is 0 Å². The van der Waals surface area contributed by atoms with Crippen LogP contribution in [0.25, 0.3) is 0 Å². The second-order valence-electron chi connectivity index (χ2n) is 6.29. The molecule has 4 nitrogen and oxygen atoms in total. The molecule has 0 amide bonds. The van der Waals surface area contributed by atoms with E-state index in [-0.39, 0.29) is 5.75 Å². The van der Waals surface area contributed by atoms with Crippen molar-refractivity contribution in [2.75, 3.05) is 13.7 Å². The lowest BCUT2D eigenvalue weighted by molar-refractivity contribution is 0.304. The Kier molecular flexibility index (Phi) is 8.53. The van der Waals surface area contributed by atoms with E-state index in [1.807, 2.05) is 24.3 Å². The second-order valence-corrected chi connectivity index (χ2v) is 6.29. The predicted molar refractivity (Wildman–Crippen MR) is 107 cm³/mol. The number of hydrogen-bond donors (Lipinski definition) is 1. The molecule has 0 radical (unpaired) electrons. The highest BCUT2D eigenvalue weighted by Crippen LogP contribution is 2.23. The summed E-state index contributed by atoms with van der Waals surface area (Å²) in [6.45, 7) is 2.99. The highest BCUT2D eigenvalue weighted by Gasteiger charge is 2.01. The number of rotatable bonds is 11. The molecule has 2 aromatic carbocycles. The van der Waals surface area contributed by atoms with E-state index in [4.69, 9.17) is 9.47 Å². The lowest BCUT2D eigenvalue weighted by Gasteiger charge is -2.06. The zero-order chi connectivity index (χ0) is 18.6. The third kappa shape index (κ3) is 6.79. The maximum atomic E-state index is 9.87. The molecule has 0 heterocycles. The number of phenols is 1. The van der Waals surface area contributed by atoms with Crippen LogP contribution in [0.3, 0.4) is 0 Å². The minimum Gasteiger partial charge on any atom is -0.507 e. The fraction of sp³-hybridized carbons (Fsp3) is 0.409. The monoisotopic (exact) mass is 355 g/mol. The van der Waals surface area contributed by atoms with Gasteiger partial charge >= 0.3 is 0 Å². The molecule has 0 aliphatic heterocycles. The molecule has 0 aliphatic carbocycles. The molecule has 26 heavy (non-hydrogen) atoms. The van der Waals surface area contributed by atoms with E-state index in [1.165, 1.54) is 32.1 Å². The van der Waals surface area contributed by atoms with Crippen molar-refractivity contribution in [2.24, 2.45) is 4.99 Å². The topological polar surface area (TPSA) is 51.0 Å². The number of hydrogen-bond acceptors (Lipinski definition) is 4. The summed E-state index contributed by atoms with van der Waals surface area (Å²) in [5, 5.41) is 9.87. The fourth-order valence-electron chi connectivity index (χ4n) is 2.61. The van der Waals surface area contributed by atoms with Crippen molar-refractivity contribution in [3.05, 3.63) is 48.0 Å². The van der Waals surface area contributed by atoms with Crippen LogP contribution < -0.4 is 9.47 Å². The van der Waals surface area contributed by atoms with Gasteiger partial charge in [0.15, 0.2) is 0 Å². The first-order valence-corrected chi connectivity index (χ1v) is 9.37. The molecule has 2 aromatic rings. The Balaban J connectivity index is 1.80. The second kappa shape index (κ2) is 11.2. The molecule has 0 fully saturated rings. The Morgan fingerprint density at radius 3 is 2.35 bits per heavy atom. The van der Waals surface area contributed by atoms with Gasteiger partial charge in [0.05, 0.1) is 19.4 Å². The first-order valence-electron chi connectivity index (χ1n) is 9.37. The van der Waals surface area contributed by atoms with Crippen molar-refractivity contribution in [3.8, 4) is 17.2 Å². The lowest BCUT2D eigenvalue weighted by Crippen LogP contribution is -1.96. The van der Waals surface area contributed by atoms with Gasteiger partial charge in [0.2, 0.25) is 0 Å². The molecule has 0 aromatic heterocycles. The van der Waals surface area contributed by atoms with Gasteiger partial charge in [-0.2, -0.15) is 0 Å². The van der Waals surface area contributed by atoms with Gasteiger partial charge in [-0.3, -0.25) is 4.99 Å². The average molecular weight is 355 g/mol. The SMILES string of the molecule is CCCCCCCCOc1ccc(N=Cc2cc(OC)ccc2O)cc1. The van der Waals surface area contributed by atoms with Crippen LogP contribution in [-0.4, -0.2) is 25.0 Å². The highest BCUT2D eigenvalue weighted by atomic mass is 16.5. The Morgan fingerprint density at radius 1 is 0.923 bits per heavy atom. The van der Waals surface area contributed by atoms with Gasteiger partial charge in [0.1, 0.15) is 17.2 Å². The summed E-state index contributed by atoms with van der Waals surface area (Å²) in [6.07, 6.45) is 9.18. The summed E-state index contributed by atoms with van der Waals surface area (Å²) in [7, 11) is 1.59. The number of benzene rings is 2. The molecular formula is C22H29NO3. The highest BCUT2D eigenvalue weighted by molar-refractivity contribution is 5.85. The van der Waals surface area contributed by atoms with Gasteiger partial charge in [-0.05, 0) is 48.9 Å². The number of ether oxygens (including phenoxy) is 2. The molecule has 4 heteroatoms. The zero-order valence-corrected chi connectivity index (χ0v) is 15.8. The van der Waals surface area contributed by atoms with E-state index in [1.54, 1.807) is 31.5 Å². The van der Waals surface area contributed by atoms with Gasteiger partial charge in [0, 0.05) is 11.8 Å². The quantitative estimate of drug-likeness (QED) is 0.404. The summed E-state index contributed by atoms with van der Waals surface area (Å²) in [6, 6.07) is 12.7. The molecule has 0 atom stereocenters. The minimum absolute atomic E-state index is 0.174. The maximum absolute atomic E-state index is 9.87. The van der Waals surface area contributed by atoms with Crippen LogP contribution in [0.4, 0.5) is 5.69 Å². The van der Waals surface area contributed by atoms with Crippen molar-refractivity contribution in [2.45, 2.75) is 45.4 Å². The van der Waals surface area contributed by atoms with E-state index in [0.717, 1.165) is 24.5 Å². The fourth-order valence-corrected chi connectivity index (χ4v) is 2.61. The predicted octanol–water partition coefficient (Wildman–Crippen LogP) is 5.89. The summed E-state index contributed by atoms with van der Waals surface area (Å²) in [5.74, 6) is 1.72. The van der Waals surface area contributed by atoms with Gasteiger partial charge in [-0.1, -0.05) is 39.0 Å². The molecule has 0 bridgehead atoms. The van der Waals surface area contributed by atoms with E-state index < -0.39 is 0 Å². The normalized spacial score (nSPS) is 11.0. The van der Waals surface area contributed by atoms with Crippen molar-refractivity contribution < 1.29 is 14.6 Å². The zero-order valence-electron chi connectivity index (χ0n) is 15.8. The molecule has 0 unspecified atom stereocenters. The van der Waals surface area contributed by atoms with Crippen LogP contribution in [0.15, 0.2) is 47.5 Å². The largest absolute Gasteiger partial charge is 0.507 e. The van der Waals surface area contributed by atoms with Gasteiger partial charge < -0.3 is 14.6 Å². The molecule has 0 spiro atoms. The minimum atomic E-state index is 0.174. The standard InChI is InChI=1S/C22H29NO3/c1-3-4-5-6-7-8-15-26-20-11-9-19(10-12-20)23-17-18-16-21(25-2)13-14-22(18)24/h9-14,16-17,24H,3-8,15H2,1-2H3. The molecule has 0 saturated heterocycles. The molecular weight excluding hydrogens is 326 g/mol. The van der Waals surface area contributed by atoms with Crippen molar-refractivity contribution >= 4 is 11.9 Å². The van der Waals surface area contributed by atoms with E-state index in [0.29, 0.717) is 11.3 Å². The van der Waals surface area contributed by atoms with Gasteiger partial charge in [0.25, 0.3) is 0 Å². The molecule has 1 N–H and O–H groups in total. The van der Waals surface area contributed by atoms with Crippen molar-refractivity contribution in [1.29, 1.82) is 0 Å². The number of aliphatic imine (C=N–C) groups is 1. The molecule has 2 rings (SSSR count). The molecule has 140 valence electrons. The Morgan fingerprint density at radius 2 is 1.62 bits per heavy atom. The average Bonchev–Trinajstić information content (AvgIpc) is 2.67. The summed E-state index contributed by atoms with van der Waals surface area (Å²) in [4.78, 5) is 4.40. The number of aromatic hydroxyl groups is 1. The van der Waals surface area contributed by atoms with Crippen LogP contribution in [0.5, 0.6) is 17.2 Å². The lowest BCUT2D eigenvalue weighted by atomic mass is 10.1. The van der Waals surface area contributed by atoms with E-state index in [9.17, 15) is 5.11 Å². The summed E-state index contributed by atoms with van der Waals surface area (Å²) < 4.78 is 10.9. The van der Waals surface area contributed by atoms with Crippen molar-refractivity contribution in [1.82, 2.24) is 0 Å². The van der Waals surface area contributed by atoms with Crippen molar-refractivity contribution in [3.63, 3.8) is 0 Å². The van der Waals surface area contributed by atoms with Crippen LogP contribution in [0, 0.1) is 0 Å². The van der Waals surface area contributed by atoms with Gasteiger partial charge in [-0.15, -0.1) is 0 Å².